The second kappa shape index (κ2) is 43.8. The SMILES string of the molecule is CC/C=C\C/C=C\C/C=C\C/C=C\C/C=C\CCCC(=O)OCC(COC(=O)CCCCCCCCC)OC(=O)CCCCCCCCCCCCCCC. The van der Waals surface area contributed by atoms with Gasteiger partial charge in [0.05, 0.1) is 0 Å². The molecule has 0 saturated heterocycles. The standard InChI is InChI=1S/C49H84O6/c1-4-7-10-13-16-18-20-22-23-24-25-27-28-30-33-36-39-42-48(51)54-45-46(44-53-47(50)41-38-35-32-15-12-9-6-3)55-49(52)43-40-37-34-31-29-26-21-19-17-14-11-8-5-2/h7,10,16,18,22-23,25,27,30,33,46H,4-6,8-9,11-15,17,19-21,24,26,28-29,31-32,34-45H2,1-3H3/b10-7-,18-16-,23-22-,27-25-,33-30-. The highest BCUT2D eigenvalue weighted by molar-refractivity contribution is 5.71. The van der Waals surface area contributed by atoms with Crippen molar-refractivity contribution in [2.75, 3.05) is 13.2 Å². The van der Waals surface area contributed by atoms with E-state index in [1.165, 1.54) is 89.9 Å². The van der Waals surface area contributed by atoms with E-state index in [4.69, 9.17) is 14.2 Å². The Kier molecular flexibility index (Phi) is 41.5. The van der Waals surface area contributed by atoms with E-state index in [-0.39, 0.29) is 37.5 Å². The summed E-state index contributed by atoms with van der Waals surface area (Å²) < 4.78 is 16.6. The average Bonchev–Trinajstić information content (AvgIpc) is 3.18. The van der Waals surface area contributed by atoms with E-state index in [1.807, 2.05) is 0 Å². The van der Waals surface area contributed by atoms with Gasteiger partial charge in [0, 0.05) is 19.3 Å². The molecule has 1 unspecified atom stereocenters. The van der Waals surface area contributed by atoms with Crippen LogP contribution in [0.5, 0.6) is 0 Å². The van der Waals surface area contributed by atoms with Crippen LogP contribution >= 0.6 is 0 Å². The highest BCUT2D eigenvalue weighted by Crippen LogP contribution is 2.14. The lowest BCUT2D eigenvalue weighted by Crippen LogP contribution is -2.30. The van der Waals surface area contributed by atoms with Crippen LogP contribution in [0.1, 0.15) is 213 Å². The Morgan fingerprint density at radius 3 is 1.11 bits per heavy atom. The van der Waals surface area contributed by atoms with Gasteiger partial charge in [0.1, 0.15) is 13.2 Å². The minimum absolute atomic E-state index is 0.0903. The largest absolute Gasteiger partial charge is 0.462 e. The summed E-state index contributed by atoms with van der Waals surface area (Å²) >= 11 is 0. The summed E-state index contributed by atoms with van der Waals surface area (Å²) in [5.41, 5.74) is 0. The van der Waals surface area contributed by atoms with Gasteiger partial charge in [-0.1, -0.05) is 197 Å². The van der Waals surface area contributed by atoms with Crippen molar-refractivity contribution in [1.82, 2.24) is 0 Å². The summed E-state index contributed by atoms with van der Waals surface area (Å²) in [6.07, 6.45) is 52.2. The molecule has 0 heterocycles. The summed E-state index contributed by atoms with van der Waals surface area (Å²) in [6.45, 7) is 6.42. The molecule has 0 bridgehead atoms. The Labute approximate surface area is 339 Å². The zero-order valence-electron chi connectivity index (χ0n) is 35.9. The Morgan fingerprint density at radius 2 is 0.709 bits per heavy atom. The molecule has 0 saturated carbocycles. The maximum absolute atomic E-state index is 12.7. The maximum Gasteiger partial charge on any atom is 0.306 e. The Morgan fingerprint density at radius 1 is 0.382 bits per heavy atom. The maximum atomic E-state index is 12.7. The fourth-order valence-electron chi connectivity index (χ4n) is 6.12. The fourth-order valence-corrected chi connectivity index (χ4v) is 6.12. The van der Waals surface area contributed by atoms with E-state index < -0.39 is 6.10 Å². The molecule has 0 aromatic rings. The summed E-state index contributed by atoms with van der Waals surface area (Å²) in [5, 5.41) is 0. The number of carbonyl (C=O) groups is 3. The molecule has 0 aromatic heterocycles. The first-order chi connectivity index (χ1) is 27.0. The Hall–Kier alpha value is -2.89. The molecule has 0 aromatic carbocycles. The Bertz CT molecular complexity index is 1020. The topological polar surface area (TPSA) is 78.9 Å². The lowest BCUT2D eigenvalue weighted by Gasteiger charge is -2.18. The van der Waals surface area contributed by atoms with Crippen molar-refractivity contribution in [3.05, 3.63) is 60.8 Å². The van der Waals surface area contributed by atoms with Crippen LogP contribution in [0.2, 0.25) is 0 Å². The van der Waals surface area contributed by atoms with Crippen LogP contribution in [0, 0.1) is 0 Å². The minimum Gasteiger partial charge on any atom is -0.462 e. The van der Waals surface area contributed by atoms with Crippen molar-refractivity contribution in [3.63, 3.8) is 0 Å². The van der Waals surface area contributed by atoms with Crippen LogP contribution < -0.4 is 0 Å². The van der Waals surface area contributed by atoms with Crippen molar-refractivity contribution in [3.8, 4) is 0 Å². The number of rotatable bonds is 40. The van der Waals surface area contributed by atoms with Crippen molar-refractivity contribution in [2.45, 2.75) is 219 Å². The van der Waals surface area contributed by atoms with Gasteiger partial charge in [-0.3, -0.25) is 14.4 Å². The van der Waals surface area contributed by atoms with Gasteiger partial charge in [0.15, 0.2) is 6.10 Å². The van der Waals surface area contributed by atoms with Gasteiger partial charge in [0.25, 0.3) is 0 Å². The first kappa shape index (κ1) is 52.1. The number of allylic oxidation sites excluding steroid dienone is 10. The van der Waals surface area contributed by atoms with Gasteiger partial charge in [0.2, 0.25) is 0 Å². The van der Waals surface area contributed by atoms with Crippen molar-refractivity contribution in [2.24, 2.45) is 0 Å². The second-order valence-electron chi connectivity index (χ2n) is 14.9. The van der Waals surface area contributed by atoms with Crippen molar-refractivity contribution in [1.29, 1.82) is 0 Å². The number of hydrogen-bond donors (Lipinski definition) is 0. The number of esters is 3. The molecule has 0 aliphatic carbocycles. The third kappa shape index (κ3) is 42.1. The molecular formula is C49H84O6. The zero-order valence-corrected chi connectivity index (χ0v) is 35.9. The Balaban J connectivity index is 4.40. The van der Waals surface area contributed by atoms with E-state index in [1.54, 1.807) is 0 Å². The van der Waals surface area contributed by atoms with Crippen LogP contribution in [0.25, 0.3) is 0 Å². The molecule has 0 rings (SSSR count). The fraction of sp³-hybridized carbons (Fsp3) is 0.735. The highest BCUT2D eigenvalue weighted by Gasteiger charge is 2.19. The predicted molar refractivity (Wildman–Crippen MR) is 233 cm³/mol. The zero-order chi connectivity index (χ0) is 40.1. The van der Waals surface area contributed by atoms with Gasteiger partial charge in [-0.2, -0.15) is 0 Å². The molecule has 6 heteroatoms. The molecule has 316 valence electrons. The monoisotopic (exact) mass is 769 g/mol. The first-order valence-electron chi connectivity index (χ1n) is 22.8. The van der Waals surface area contributed by atoms with E-state index in [0.29, 0.717) is 19.3 Å². The van der Waals surface area contributed by atoms with Gasteiger partial charge >= 0.3 is 17.9 Å². The molecule has 0 aliphatic rings. The van der Waals surface area contributed by atoms with Gasteiger partial charge in [-0.15, -0.1) is 0 Å². The molecule has 0 N–H and O–H groups in total. The predicted octanol–water partition coefficient (Wildman–Crippen LogP) is 14.5. The molecule has 6 nitrogen and oxygen atoms in total. The molecule has 0 fully saturated rings. The third-order valence-electron chi connectivity index (χ3n) is 9.54. The third-order valence-corrected chi connectivity index (χ3v) is 9.54. The summed E-state index contributed by atoms with van der Waals surface area (Å²) in [4.78, 5) is 37.6. The van der Waals surface area contributed by atoms with E-state index >= 15 is 0 Å². The van der Waals surface area contributed by atoms with Crippen LogP contribution in [0.4, 0.5) is 0 Å². The van der Waals surface area contributed by atoms with Crippen LogP contribution in [-0.2, 0) is 28.6 Å². The molecule has 0 radical (unpaired) electrons. The quantitative estimate of drug-likeness (QED) is 0.0267. The minimum atomic E-state index is -0.789. The van der Waals surface area contributed by atoms with Crippen LogP contribution in [-0.4, -0.2) is 37.2 Å². The number of ether oxygens (including phenoxy) is 3. The molecular weight excluding hydrogens is 685 g/mol. The van der Waals surface area contributed by atoms with E-state index in [9.17, 15) is 14.4 Å². The van der Waals surface area contributed by atoms with Crippen molar-refractivity contribution >= 4 is 17.9 Å². The van der Waals surface area contributed by atoms with Gasteiger partial charge in [-0.05, 0) is 57.8 Å². The normalized spacial score (nSPS) is 12.6. The highest BCUT2D eigenvalue weighted by atomic mass is 16.6. The molecule has 0 spiro atoms. The van der Waals surface area contributed by atoms with Crippen LogP contribution in [0.3, 0.4) is 0 Å². The average molecular weight is 769 g/mol. The summed E-state index contributed by atoms with van der Waals surface area (Å²) in [6, 6.07) is 0. The van der Waals surface area contributed by atoms with E-state index in [0.717, 1.165) is 77.0 Å². The van der Waals surface area contributed by atoms with Gasteiger partial charge < -0.3 is 14.2 Å². The molecule has 55 heavy (non-hydrogen) atoms. The molecule has 0 aliphatic heterocycles. The van der Waals surface area contributed by atoms with Crippen molar-refractivity contribution < 1.29 is 28.6 Å². The number of unbranched alkanes of at least 4 members (excludes halogenated alkanes) is 19. The molecule has 0 amide bonds. The molecule has 1 atom stereocenters. The summed E-state index contributed by atoms with van der Waals surface area (Å²) in [5.74, 6) is -0.959. The number of hydrogen-bond acceptors (Lipinski definition) is 6. The first-order valence-corrected chi connectivity index (χ1v) is 22.8. The summed E-state index contributed by atoms with van der Waals surface area (Å²) in [7, 11) is 0. The van der Waals surface area contributed by atoms with Crippen LogP contribution in [0.15, 0.2) is 60.8 Å². The number of carbonyl (C=O) groups excluding carboxylic acids is 3. The van der Waals surface area contributed by atoms with Gasteiger partial charge in [-0.25, -0.2) is 0 Å². The smallest absolute Gasteiger partial charge is 0.306 e. The lowest BCUT2D eigenvalue weighted by atomic mass is 10.0. The van der Waals surface area contributed by atoms with E-state index in [2.05, 4.69) is 81.5 Å². The second-order valence-corrected chi connectivity index (χ2v) is 14.9. The lowest BCUT2D eigenvalue weighted by molar-refractivity contribution is -0.167.